The molecule has 0 spiro atoms. The third kappa shape index (κ3) is 1.54. The minimum atomic E-state index is -0.256. The van der Waals surface area contributed by atoms with E-state index < -0.39 is 0 Å². The Kier molecular flexibility index (Phi) is 2.10. The van der Waals surface area contributed by atoms with Crippen LogP contribution in [0.5, 0.6) is 0 Å². The van der Waals surface area contributed by atoms with E-state index in [2.05, 4.69) is 15.5 Å². The molecule has 0 bridgehead atoms. The molecule has 14 heavy (non-hydrogen) atoms. The number of hydrazone groups is 1. The van der Waals surface area contributed by atoms with Crippen molar-refractivity contribution in [2.75, 3.05) is 0 Å². The van der Waals surface area contributed by atoms with Crippen LogP contribution in [-0.2, 0) is 4.79 Å². The van der Waals surface area contributed by atoms with E-state index >= 15 is 0 Å². The monoisotopic (exact) mass is 187 g/mol. The molecule has 4 nitrogen and oxygen atoms in total. The Hall–Kier alpha value is -1.97. The van der Waals surface area contributed by atoms with Crippen molar-refractivity contribution in [3.63, 3.8) is 0 Å². The Balaban J connectivity index is 2.38. The average Bonchev–Trinajstić information content (AvgIpc) is 2.56. The Morgan fingerprint density at radius 2 is 2.14 bits per heavy atom. The fourth-order valence-corrected chi connectivity index (χ4v) is 1.17. The highest BCUT2D eigenvalue weighted by Gasteiger charge is 2.13. The van der Waals surface area contributed by atoms with Crippen LogP contribution in [0.3, 0.4) is 0 Å². The molecule has 1 amide bonds. The maximum absolute atomic E-state index is 11.1. The zero-order valence-corrected chi connectivity index (χ0v) is 7.69. The maximum Gasteiger partial charge on any atom is 0.291 e. The number of nitrogens with one attached hydrogen (secondary N) is 1. The summed E-state index contributed by atoms with van der Waals surface area (Å²) in [6.45, 7) is 1.95. The van der Waals surface area contributed by atoms with Gasteiger partial charge >= 0.3 is 0 Å². The molecule has 0 saturated carbocycles. The molecule has 0 fully saturated rings. The standard InChI is InChI=1S/C10H9N3O/c1-7-4-2-3-5-8(7)12-9-6-11-13-10(9)14/h2-6H,1H3,(H,12,13,14). The van der Waals surface area contributed by atoms with Gasteiger partial charge in [-0.15, -0.1) is 0 Å². The highest BCUT2D eigenvalue weighted by Crippen LogP contribution is 2.17. The van der Waals surface area contributed by atoms with Gasteiger partial charge in [-0.05, 0) is 18.6 Å². The maximum atomic E-state index is 11.1. The smallest absolute Gasteiger partial charge is 0.265 e. The van der Waals surface area contributed by atoms with Gasteiger partial charge in [-0.2, -0.15) is 5.10 Å². The lowest BCUT2D eigenvalue weighted by atomic mass is 10.2. The van der Waals surface area contributed by atoms with Gasteiger partial charge in [-0.1, -0.05) is 18.2 Å². The van der Waals surface area contributed by atoms with Crippen molar-refractivity contribution < 1.29 is 4.79 Å². The van der Waals surface area contributed by atoms with E-state index in [9.17, 15) is 4.79 Å². The Bertz CT molecular complexity index is 435. The van der Waals surface area contributed by atoms with Gasteiger partial charge in [0.05, 0.1) is 11.9 Å². The lowest BCUT2D eigenvalue weighted by Gasteiger charge is -1.98. The largest absolute Gasteiger partial charge is 0.291 e. The van der Waals surface area contributed by atoms with Crippen LogP contribution in [0.15, 0.2) is 34.4 Å². The van der Waals surface area contributed by atoms with Crippen molar-refractivity contribution in [3.8, 4) is 0 Å². The molecule has 2 rings (SSSR count). The summed E-state index contributed by atoms with van der Waals surface area (Å²) in [7, 11) is 0. The van der Waals surface area contributed by atoms with Gasteiger partial charge in [-0.25, -0.2) is 10.4 Å². The van der Waals surface area contributed by atoms with Gasteiger partial charge in [0.2, 0.25) is 0 Å². The summed E-state index contributed by atoms with van der Waals surface area (Å²) in [6, 6.07) is 7.63. The fraction of sp³-hybridized carbons (Fsp3) is 0.100. The van der Waals surface area contributed by atoms with Crippen LogP contribution >= 0.6 is 0 Å². The molecule has 0 saturated heterocycles. The lowest BCUT2D eigenvalue weighted by molar-refractivity contribution is -0.114. The second-order valence-electron chi connectivity index (χ2n) is 2.98. The van der Waals surface area contributed by atoms with Gasteiger partial charge in [-0.3, -0.25) is 4.79 Å². The molecule has 0 unspecified atom stereocenters. The first-order valence-corrected chi connectivity index (χ1v) is 4.25. The molecule has 0 radical (unpaired) electrons. The number of carbonyl (C=O) groups is 1. The van der Waals surface area contributed by atoms with Crippen molar-refractivity contribution in [3.05, 3.63) is 29.8 Å². The molecule has 1 heterocycles. The number of nitrogens with zero attached hydrogens (tertiary/aromatic N) is 2. The zero-order chi connectivity index (χ0) is 9.97. The summed E-state index contributed by atoms with van der Waals surface area (Å²) >= 11 is 0. The third-order valence-electron chi connectivity index (χ3n) is 1.94. The molecule has 70 valence electrons. The summed E-state index contributed by atoms with van der Waals surface area (Å²) in [5.74, 6) is -0.256. The van der Waals surface area contributed by atoms with Gasteiger partial charge in [0, 0.05) is 0 Å². The summed E-state index contributed by atoms with van der Waals surface area (Å²) in [4.78, 5) is 15.3. The van der Waals surface area contributed by atoms with Gasteiger partial charge in [0.25, 0.3) is 5.91 Å². The third-order valence-corrected chi connectivity index (χ3v) is 1.94. The average molecular weight is 187 g/mol. The molecule has 1 aliphatic heterocycles. The van der Waals surface area contributed by atoms with Crippen LogP contribution in [0.25, 0.3) is 0 Å². The zero-order valence-electron chi connectivity index (χ0n) is 7.69. The SMILES string of the molecule is Cc1ccccc1N=C1C=NNC1=O. The number of para-hydroxylation sites is 1. The molecular formula is C10H9N3O. The van der Waals surface area contributed by atoms with Crippen LogP contribution in [0, 0.1) is 6.92 Å². The van der Waals surface area contributed by atoms with Crippen molar-refractivity contribution >= 4 is 23.5 Å². The normalized spacial score (nSPS) is 17.5. The van der Waals surface area contributed by atoms with Crippen molar-refractivity contribution in [1.82, 2.24) is 5.43 Å². The van der Waals surface area contributed by atoms with E-state index in [0.29, 0.717) is 5.71 Å². The quantitative estimate of drug-likeness (QED) is 0.705. The number of aryl methyl sites for hydroxylation is 1. The van der Waals surface area contributed by atoms with E-state index in [1.807, 2.05) is 31.2 Å². The summed E-state index contributed by atoms with van der Waals surface area (Å²) in [5, 5.41) is 3.62. The van der Waals surface area contributed by atoms with Crippen molar-refractivity contribution in [1.29, 1.82) is 0 Å². The van der Waals surface area contributed by atoms with E-state index in [1.54, 1.807) is 0 Å². The topological polar surface area (TPSA) is 53.8 Å². The van der Waals surface area contributed by atoms with Crippen molar-refractivity contribution in [2.45, 2.75) is 6.92 Å². The minimum absolute atomic E-state index is 0.256. The first-order chi connectivity index (χ1) is 6.77. The van der Waals surface area contributed by atoms with E-state index in [4.69, 9.17) is 0 Å². The summed E-state index contributed by atoms with van der Waals surface area (Å²) in [5.41, 5.74) is 4.49. The van der Waals surface area contributed by atoms with Crippen LogP contribution in [0.4, 0.5) is 5.69 Å². The molecule has 0 aliphatic carbocycles. The second kappa shape index (κ2) is 3.41. The lowest BCUT2D eigenvalue weighted by Crippen LogP contribution is -2.19. The predicted octanol–water partition coefficient (Wildman–Crippen LogP) is 1.18. The number of hydrogen-bond acceptors (Lipinski definition) is 3. The number of amides is 1. The van der Waals surface area contributed by atoms with Crippen LogP contribution < -0.4 is 5.43 Å². The van der Waals surface area contributed by atoms with Crippen LogP contribution in [0.2, 0.25) is 0 Å². The molecule has 0 atom stereocenters. The number of aliphatic imine (C=N–C) groups is 1. The summed E-state index contributed by atoms with van der Waals surface area (Å²) < 4.78 is 0. The Labute approximate surface area is 81.4 Å². The predicted molar refractivity (Wildman–Crippen MR) is 54.9 cm³/mol. The van der Waals surface area contributed by atoms with Crippen LogP contribution in [-0.4, -0.2) is 17.8 Å². The van der Waals surface area contributed by atoms with E-state index in [1.165, 1.54) is 6.21 Å². The first-order valence-electron chi connectivity index (χ1n) is 4.25. The summed E-state index contributed by atoms with van der Waals surface area (Å²) in [6.07, 6.45) is 1.43. The Morgan fingerprint density at radius 1 is 1.36 bits per heavy atom. The van der Waals surface area contributed by atoms with Crippen molar-refractivity contribution in [2.24, 2.45) is 10.1 Å². The van der Waals surface area contributed by atoms with Gasteiger partial charge < -0.3 is 0 Å². The van der Waals surface area contributed by atoms with Gasteiger partial charge in [0.15, 0.2) is 5.71 Å². The Morgan fingerprint density at radius 3 is 2.79 bits per heavy atom. The van der Waals surface area contributed by atoms with E-state index in [0.717, 1.165) is 11.3 Å². The number of rotatable bonds is 1. The molecular weight excluding hydrogens is 178 g/mol. The second-order valence-corrected chi connectivity index (χ2v) is 2.98. The highest BCUT2D eigenvalue weighted by atomic mass is 16.2. The van der Waals surface area contributed by atoms with Crippen LogP contribution in [0.1, 0.15) is 5.56 Å². The molecule has 4 heteroatoms. The molecule has 1 N–H and O–H groups in total. The first kappa shape index (κ1) is 8.62. The highest BCUT2D eigenvalue weighted by molar-refractivity contribution is 6.62. The van der Waals surface area contributed by atoms with Gasteiger partial charge in [0.1, 0.15) is 0 Å². The van der Waals surface area contributed by atoms with E-state index in [-0.39, 0.29) is 5.91 Å². The minimum Gasteiger partial charge on any atom is -0.265 e. The fourth-order valence-electron chi connectivity index (χ4n) is 1.17. The number of carbonyl (C=O) groups excluding carboxylic acids is 1. The molecule has 1 aliphatic rings. The molecule has 0 aromatic heterocycles. The number of benzene rings is 1. The molecule has 1 aromatic carbocycles. The number of hydrogen-bond donors (Lipinski definition) is 1. The molecule has 1 aromatic rings.